The zero-order valence-electron chi connectivity index (χ0n) is 55.2. The van der Waals surface area contributed by atoms with Crippen molar-refractivity contribution in [2.24, 2.45) is 0 Å². The smallest absolute Gasteiger partial charge is 0.306 e. The van der Waals surface area contributed by atoms with Gasteiger partial charge in [0.15, 0.2) is 6.10 Å². The standard InChI is InChI=1S/C77H136O6/c1-4-7-10-13-16-19-22-25-27-29-30-31-32-33-34-35-36-37-38-39-40-41-42-43-44-45-46-48-49-52-55-58-61-64-67-70-76(79)82-73-74(72-81-75(78)69-66-63-60-57-54-51-24-21-18-15-12-9-6-3)83-77(80)71-68-65-62-59-56-53-50-47-28-26-23-20-17-14-11-8-5-2/h7,10,16-17,19-20,25-28,30-31,33-34,74H,4-6,8-9,11-15,18,21-24,29,32,35-73H2,1-3H3/b10-7-,19-16-,20-17-,27-25-,28-26-,31-30-,34-33-. The first-order valence-electron chi connectivity index (χ1n) is 36.1. The summed E-state index contributed by atoms with van der Waals surface area (Å²) < 4.78 is 17.0. The van der Waals surface area contributed by atoms with Crippen LogP contribution in [0.5, 0.6) is 0 Å². The predicted octanol–water partition coefficient (Wildman–Crippen LogP) is 25.0. The number of ether oxygens (including phenoxy) is 3. The molecule has 0 amide bonds. The summed E-state index contributed by atoms with van der Waals surface area (Å²) in [6.45, 7) is 6.54. The van der Waals surface area contributed by atoms with Crippen molar-refractivity contribution in [3.05, 3.63) is 85.1 Å². The Bertz CT molecular complexity index is 1570. The molecule has 1 atom stereocenters. The Morgan fingerprint density at radius 2 is 0.470 bits per heavy atom. The van der Waals surface area contributed by atoms with Gasteiger partial charge >= 0.3 is 17.9 Å². The molecule has 1 unspecified atom stereocenters. The first kappa shape index (κ1) is 79.6. The summed E-state index contributed by atoms with van der Waals surface area (Å²) in [6, 6.07) is 0. The van der Waals surface area contributed by atoms with Crippen molar-refractivity contribution in [1.82, 2.24) is 0 Å². The average molecular weight is 1160 g/mol. The van der Waals surface area contributed by atoms with Crippen molar-refractivity contribution in [2.75, 3.05) is 13.2 Å². The zero-order chi connectivity index (χ0) is 59.9. The molecule has 6 nitrogen and oxygen atoms in total. The SMILES string of the molecule is CC/C=C\C/C=C\C/C=C\C/C=C\C/C=C\CCCCCCCCCCCCCCCCCCCCCC(=O)OCC(COC(=O)CCCCCCCCCCCCCCC)OC(=O)CCCCCCCCC/C=C\C/C=C\CCCCC. The summed E-state index contributed by atoms with van der Waals surface area (Å²) in [7, 11) is 0. The highest BCUT2D eigenvalue weighted by atomic mass is 16.6. The molecule has 0 spiro atoms. The van der Waals surface area contributed by atoms with E-state index in [0.29, 0.717) is 19.3 Å². The van der Waals surface area contributed by atoms with Crippen LogP contribution in [-0.4, -0.2) is 37.2 Å². The van der Waals surface area contributed by atoms with E-state index in [1.54, 1.807) is 0 Å². The highest BCUT2D eigenvalue weighted by Gasteiger charge is 2.19. The second-order valence-electron chi connectivity index (χ2n) is 24.1. The maximum Gasteiger partial charge on any atom is 0.306 e. The van der Waals surface area contributed by atoms with Crippen LogP contribution in [0.1, 0.15) is 367 Å². The van der Waals surface area contributed by atoms with E-state index in [-0.39, 0.29) is 31.1 Å². The summed E-state index contributed by atoms with van der Waals surface area (Å²) >= 11 is 0. The van der Waals surface area contributed by atoms with Gasteiger partial charge in [0, 0.05) is 19.3 Å². The molecule has 0 aliphatic carbocycles. The van der Waals surface area contributed by atoms with Crippen LogP contribution in [0.25, 0.3) is 0 Å². The zero-order valence-corrected chi connectivity index (χ0v) is 55.2. The fourth-order valence-electron chi connectivity index (χ4n) is 10.5. The van der Waals surface area contributed by atoms with Gasteiger partial charge < -0.3 is 14.2 Å². The molecule has 0 N–H and O–H groups in total. The Labute approximate surface area is 515 Å². The third-order valence-electron chi connectivity index (χ3n) is 15.9. The Balaban J connectivity index is 4.12. The Morgan fingerprint density at radius 1 is 0.253 bits per heavy atom. The largest absolute Gasteiger partial charge is 0.462 e. The van der Waals surface area contributed by atoms with E-state index in [1.807, 2.05) is 0 Å². The van der Waals surface area contributed by atoms with Crippen molar-refractivity contribution in [3.63, 3.8) is 0 Å². The van der Waals surface area contributed by atoms with Gasteiger partial charge in [0.05, 0.1) is 0 Å². The Kier molecular flexibility index (Phi) is 68.2. The minimum atomic E-state index is -0.777. The van der Waals surface area contributed by atoms with Crippen LogP contribution in [0.15, 0.2) is 85.1 Å². The normalized spacial score (nSPS) is 12.6. The molecular weight excluding hydrogens is 1020 g/mol. The van der Waals surface area contributed by atoms with Gasteiger partial charge in [0.2, 0.25) is 0 Å². The molecular formula is C77H136O6. The molecule has 480 valence electrons. The van der Waals surface area contributed by atoms with Crippen LogP contribution in [-0.2, 0) is 28.6 Å². The second kappa shape index (κ2) is 71.1. The number of carbonyl (C=O) groups excluding carboxylic acids is 3. The molecule has 0 bridgehead atoms. The van der Waals surface area contributed by atoms with Crippen molar-refractivity contribution >= 4 is 17.9 Å². The molecule has 0 radical (unpaired) electrons. The monoisotopic (exact) mass is 1160 g/mol. The number of carbonyl (C=O) groups is 3. The molecule has 6 heteroatoms. The van der Waals surface area contributed by atoms with E-state index in [9.17, 15) is 14.4 Å². The van der Waals surface area contributed by atoms with Crippen LogP contribution >= 0.6 is 0 Å². The van der Waals surface area contributed by atoms with E-state index < -0.39 is 6.10 Å². The van der Waals surface area contributed by atoms with Gasteiger partial charge in [0.25, 0.3) is 0 Å². The Morgan fingerprint density at radius 3 is 0.759 bits per heavy atom. The van der Waals surface area contributed by atoms with Gasteiger partial charge in [-0.15, -0.1) is 0 Å². The highest BCUT2D eigenvalue weighted by molar-refractivity contribution is 5.71. The topological polar surface area (TPSA) is 78.9 Å². The molecule has 0 saturated carbocycles. The van der Waals surface area contributed by atoms with Crippen LogP contribution in [0.3, 0.4) is 0 Å². The lowest BCUT2D eigenvalue weighted by Gasteiger charge is -2.18. The van der Waals surface area contributed by atoms with Crippen molar-refractivity contribution < 1.29 is 28.6 Å². The average Bonchev–Trinajstić information content (AvgIpc) is 3.49. The van der Waals surface area contributed by atoms with E-state index in [0.717, 1.165) is 103 Å². The number of hydrogen-bond acceptors (Lipinski definition) is 6. The lowest BCUT2D eigenvalue weighted by molar-refractivity contribution is -0.167. The van der Waals surface area contributed by atoms with Gasteiger partial charge in [-0.2, -0.15) is 0 Å². The van der Waals surface area contributed by atoms with Crippen LogP contribution in [0, 0.1) is 0 Å². The van der Waals surface area contributed by atoms with Gasteiger partial charge in [-0.05, 0) is 96.3 Å². The lowest BCUT2D eigenvalue weighted by Crippen LogP contribution is -2.30. The summed E-state index contributed by atoms with van der Waals surface area (Å²) in [5.41, 5.74) is 0. The van der Waals surface area contributed by atoms with Crippen LogP contribution < -0.4 is 0 Å². The summed E-state index contributed by atoms with van der Waals surface area (Å²) in [4.78, 5) is 38.4. The second-order valence-corrected chi connectivity index (χ2v) is 24.1. The van der Waals surface area contributed by atoms with E-state index >= 15 is 0 Å². The van der Waals surface area contributed by atoms with Gasteiger partial charge in [-0.25, -0.2) is 0 Å². The fraction of sp³-hybridized carbons (Fsp3) is 0.779. The van der Waals surface area contributed by atoms with Crippen molar-refractivity contribution in [3.8, 4) is 0 Å². The molecule has 0 aliphatic rings. The molecule has 0 aromatic carbocycles. The van der Waals surface area contributed by atoms with Crippen LogP contribution in [0.4, 0.5) is 0 Å². The predicted molar refractivity (Wildman–Crippen MR) is 362 cm³/mol. The quantitative estimate of drug-likeness (QED) is 0.0261. The minimum Gasteiger partial charge on any atom is -0.462 e. The maximum absolute atomic E-state index is 12.9. The van der Waals surface area contributed by atoms with Gasteiger partial charge in [-0.1, -0.05) is 337 Å². The van der Waals surface area contributed by atoms with Gasteiger partial charge in [-0.3, -0.25) is 14.4 Å². The third-order valence-corrected chi connectivity index (χ3v) is 15.9. The molecule has 83 heavy (non-hydrogen) atoms. The molecule has 0 heterocycles. The molecule has 0 fully saturated rings. The number of unbranched alkanes of at least 4 members (excludes halogenated alkanes) is 41. The number of hydrogen-bond donors (Lipinski definition) is 0. The number of rotatable bonds is 66. The molecule has 0 rings (SSSR count). The maximum atomic E-state index is 12.9. The number of esters is 3. The van der Waals surface area contributed by atoms with E-state index in [1.165, 1.54) is 225 Å². The summed E-state index contributed by atoms with van der Waals surface area (Å²) in [5, 5.41) is 0. The van der Waals surface area contributed by atoms with E-state index in [2.05, 4.69) is 106 Å². The first-order chi connectivity index (χ1) is 41.0. The van der Waals surface area contributed by atoms with Gasteiger partial charge in [0.1, 0.15) is 13.2 Å². The molecule has 0 saturated heterocycles. The highest BCUT2D eigenvalue weighted by Crippen LogP contribution is 2.18. The molecule has 0 aromatic heterocycles. The fourth-order valence-corrected chi connectivity index (χ4v) is 10.5. The van der Waals surface area contributed by atoms with E-state index in [4.69, 9.17) is 14.2 Å². The summed E-state index contributed by atoms with van der Waals surface area (Å²) in [5.74, 6) is -0.859. The van der Waals surface area contributed by atoms with Crippen molar-refractivity contribution in [2.45, 2.75) is 374 Å². The minimum absolute atomic E-state index is 0.0732. The van der Waals surface area contributed by atoms with Crippen molar-refractivity contribution in [1.29, 1.82) is 0 Å². The Hall–Kier alpha value is -3.41. The van der Waals surface area contributed by atoms with Crippen LogP contribution in [0.2, 0.25) is 0 Å². The first-order valence-corrected chi connectivity index (χ1v) is 36.1. The third kappa shape index (κ3) is 69.3. The number of allylic oxidation sites excluding steroid dienone is 14. The molecule has 0 aromatic rings. The molecule has 0 aliphatic heterocycles. The lowest BCUT2D eigenvalue weighted by atomic mass is 10.0. The summed E-state index contributed by atoms with van der Waals surface area (Å²) in [6.07, 6.45) is 94.8.